The van der Waals surface area contributed by atoms with Crippen LogP contribution in [0.5, 0.6) is 0 Å². The molecule has 1 aromatic carbocycles. The monoisotopic (exact) mass is 319 g/mol. The van der Waals surface area contributed by atoms with E-state index in [1.165, 1.54) is 6.92 Å². The molecule has 128 valence electrons. The Morgan fingerprint density at radius 2 is 1.39 bits per heavy atom. The first-order chi connectivity index (χ1) is 10.9. The number of benzene rings is 1. The number of anilines is 2. The Hall–Kier alpha value is -2.04. The van der Waals surface area contributed by atoms with Gasteiger partial charge in [0, 0.05) is 45.5 Å². The van der Waals surface area contributed by atoms with Gasteiger partial charge in [0.2, 0.25) is 11.8 Å². The molecule has 0 saturated heterocycles. The van der Waals surface area contributed by atoms with Crippen LogP contribution in [0.25, 0.3) is 0 Å². The van der Waals surface area contributed by atoms with Crippen LogP contribution in [0, 0.1) is 0 Å². The summed E-state index contributed by atoms with van der Waals surface area (Å²) >= 11 is 0. The molecule has 1 aromatic rings. The zero-order valence-corrected chi connectivity index (χ0v) is 15.0. The Balaban J connectivity index is 2.89. The van der Waals surface area contributed by atoms with Crippen molar-refractivity contribution in [3.8, 4) is 0 Å². The molecule has 5 nitrogen and oxygen atoms in total. The van der Waals surface area contributed by atoms with Gasteiger partial charge in [-0.3, -0.25) is 9.59 Å². The summed E-state index contributed by atoms with van der Waals surface area (Å²) in [6.07, 6.45) is 1.84. The van der Waals surface area contributed by atoms with E-state index in [4.69, 9.17) is 0 Å². The van der Waals surface area contributed by atoms with Gasteiger partial charge in [0.1, 0.15) is 6.54 Å². The minimum Gasteiger partial charge on any atom is -0.378 e. The minimum absolute atomic E-state index is 0.000543. The molecule has 0 heterocycles. The molecule has 0 unspecified atom stereocenters. The van der Waals surface area contributed by atoms with Gasteiger partial charge in [-0.15, -0.1) is 0 Å². The molecule has 0 N–H and O–H groups in total. The van der Waals surface area contributed by atoms with Gasteiger partial charge in [0.15, 0.2) is 0 Å². The molecule has 0 atom stereocenters. The number of carbonyl (C=O) groups is 2. The van der Waals surface area contributed by atoms with Crippen LogP contribution in [0.2, 0.25) is 0 Å². The van der Waals surface area contributed by atoms with E-state index in [1.54, 1.807) is 4.90 Å². The fourth-order valence-electron chi connectivity index (χ4n) is 2.45. The molecule has 0 radical (unpaired) electrons. The van der Waals surface area contributed by atoms with E-state index in [0.717, 1.165) is 37.3 Å². The maximum Gasteiger partial charge on any atom is 0.242 e. The highest BCUT2D eigenvalue weighted by molar-refractivity contribution is 5.97. The van der Waals surface area contributed by atoms with Crippen molar-refractivity contribution in [3.05, 3.63) is 24.3 Å². The lowest BCUT2D eigenvalue weighted by Gasteiger charge is -2.27. The third-order valence-corrected chi connectivity index (χ3v) is 3.69. The number of amides is 2. The molecule has 0 saturated carbocycles. The lowest BCUT2D eigenvalue weighted by Crippen LogP contribution is -2.43. The third kappa shape index (κ3) is 5.58. The number of nitrogens with zero attached hydrogens (tertiary/aromatic N) is 3. The highest BCUT2D eigenvalue weighted by Gasteiger charge is 2.19. The van der Waals surface area contributed by atoms with Crippen LogP contribution >= 0.6 is 0 Å². The smallest absolute Gasteiger partial charge is 0.242 e. The van der Waals surface area contributed by atoms with Gasteiger partial charge in [0.25, 0.3) is 0 Å². The van der Waals surface area contributed by atoms with Gasteiger partial charge in [-0.2, -0.15) is 0 Å². The van der Waals surface area contributed by atoms with E-state index in [2.05, 4.69) is 13.8 Å². The Bertz CT molecular complexity index is 506. The normalized spacial score (nSPS) is 10.3. The zero-order chi connectivity index (χ0) is 17.4. The highest BCUT2D eigenvalue weighted by atomic mass is 16.2. The first kappa shape index (κ1) is 19.0. The first-order valence-electron chi connectivity index (χ1n) is 8.23. The molecular formula is C18H29N3O2. The van der Waals surface area contributed by atoms with Gasteiger partial charge in [-0.1, -0.05) is 13.8 Å². The molecular weight excluding hydrogens is 290 g/mol. The van der Waals surface area contributed by atoms with Crippen LogP contribution in [0.3, 0.4) is 0 Å². The Morgan fingerprint density at radius 3 is 1.78 bits per heavy atom. The van der Waals surface area contributed by atoms with E-state index < -0.39 is 0 Å². The number of rotatable bonds is 8. The van der Waals surface area contributed by atoms with Gasteiger partial charge in [-0.25, -0.2) is 0 Å². The number of carbonyl (C=O) groups excluding carboxylic acids is 2. The fourth-order valence-corrected chi connectivity index (χ4v) is 2.45. The summed E-state index contributed by atoms with van der Waals surface area (Å²) < 4.78 is 0. The molecule has 0 bridgehead atoms. The standard InChI is InChI=1S/C18H29N3O2/c1-6-12-20(13-7-2)18(23)14-21(15(3)22)17-10-8-16(9-11-17)19(4)5/h8-11H,6-7,12-14H2,1-5H3. The third-order valence-electron chi connectivity index (χ3n) is 3.69. The fraction of sp³-hybridized carbons (Fsp3) is 0.556. The summed E-state index contributed by atoms with van der Waals surface area (Å²) in [6, 6.07) is 7.67. The van der Waals surface area contributed by atoms with Crippen molar-refractivity contribution in [3.63, 3.8) is 0 Å². The maximum atomic E-state index is 12.5. The molecule has 0 aliphatic carbocycles. The Kier molecular flexibility index (Phi) is 7.59. The predicted octanol–water partition coefficient (Wildman–Crippen LogP) is 2.75. The van der Waals surface area contributed by atoms with Crippen LogP contribution < -0.4 is 9.80 Å². The molecule has 1 rings (SSSR count). The summed E-state index contributed by atoms with van der Waals surface area (Å²) in [6.45, 7) is 7.17. The molecule has 0 aromatic heterocycles. The van der Waals surface area contributed by atoms with E-state index in [1.807, 2.05) is 48.2 Å². The quantitative estimate of drug-likeness (QED) is 0.740. The average Bonchev–Trinajstić information content (AvgIpc) is 2.52. The SMILES string of the molecule is CCCN(CCC)C(=O)CN(C(C)=O)c1ccc(N(C)C)cc1. The Morgan fingerprint density at radius 1 is 0.913 bits per heavy atom. The van der Waals surface area contributed by atoms with Crippen molar-refractivity contribution in [2.45, 2.75) is 33.6 Å². The van der Waals surface area contributed by atoms with Crippen molar-refractivity contribution in [2.75, 3.05) is 43.5 Å². The minimum atomic E-state index is -0.121. The van der Waals surface area contributed by atoms with Crippen LogP contribution in [0.4, 0.5) is 11.4 Å². The van der Waals surface area contributed by atoms with Gasteiger partial charge < -0.3 is 14.7 Å². The number of hydrogen-bond donors (Lipinski definition) is 0. The van der Waals surface area contributed by atoms with Gasteiger partial charge in [-0.05, 0) is 37.1 Å². The van der Waals surface area contributed by atoms with Crippen LogP contribution in [-0.2, 0) is 9.59 Å². The van der Waals surface area contributed by atoms with Crippen molar-refractivity contribution >= 4 is 23.2 Å². The van der Waals surface area contributed by atoms with Crippen molar-refractivity contribution in [1.82, 2.24) is 4.90 Å². The van der Waals surface area contributed by atoms with E-state index in [-0.39, 0.29) is 18.4 Å². The Labute approximate surface area is 139 Å². The van der Waals surface area contributed by atoms with Crippen LogP contribution in [0.15, 0.2) is 24.3 Å². The molecule has 5 heteroatoms. The van der Waals surface area contributed by atoms with E-state index in [9.17, 15) is 9.59 Å². The van der Waals surface area contributed by atoms with E-state index in [0.29, 0.717) is 0 Å². The van der Waals surface area contributed by atoms with Crippen molar-refractivity contribution in [1.29, 1.82) is 0 Å². The van der Waals surface area contributed by atoms with Gasteiger partial charge in [0.05, 0.1) is 0 Å². The van der Waals surface area contributed by atoms with E-state index >= 15 is 0 Å². The lowest BCUT2D eigenvalue weighted by atomic mass is 10.2. The summed E-state index contributed by atoms with van der Waals surface area (Å²) in [7, 11) is 3.93. The zero-order valence-electron chi connectivity index (χ0n) is 15.0. The second kappa shape index (κ2) is 9.18. The van der Waals surface area contributed by atoms with Crippen LogP contribution in [0.1, 0.15) is 33.6 Å². The topological polar surface area (TPSA) is 43.9 Å². The number of hydrogen-bond acceptors (Lipinski definition) is 3. The molecule has 23 heavy (non-hydrogen) atoms. The average molecular weight is 319 g/mol. The highest BCUT2D eigenvalue weighted by Crippen LogP contribution is 2.20. The predicted molar refractivity (Wildman–Crippen MR) is 96.0 cm³/mol. The second-order valence-corrected chi connectivity index (χ2v) is 5.90. The summed E-state index contributed by atoms with van der Waals surface area (Å²) in [4.78, 5) is 29.9. The molecule has 0 aliphatic rings. The summed E-state index contributed by atoms with van der Waals surface area (Å²) in [5.41, 5.74) is 1.81. The molecule has 0 fully saturated rings. The first-order valence-corrected chi connectivity index (χ1v) is 8.23. The van der Waals surface area contributed by atoms with Crippen molar-refractivity contribution in [2.24, 2.45) is 0 Å². The second-order valence-electron chi connectivity index (χ2n) is 5.90. The van der Waals surface area contributed by atoms with Crippen molar-refractivity contribution < 1.29 is 9.59 Å². The largest absolute Gasteiger partial charge is 0.378 e. The van der Waals surface area contributed by atoms with Gasteiger partial charge >= 0.3 is 0 Å². The molecule has 0 spiro atoms. The molecule has 0 aliphatic heterocycles. The summed E-state index contributed by atoms with van der Waals surface area (Å²) in [5.74, 6) is -0.121. The molecule has 2 amide bonds. The summed E-state index contributed by atoms with van der Waals surface area (Å²) in [5, 5.41) is 0. The van der Waals surface area contributed by atoms with Crippen LogP contribution in [-0.4, -0.2) is 50.4 Å². The maximum absolute atomic E-state index is 12.5. The lowest BCUT2D eigenvalue weighted by molar-refractivity contribution is -0.131.